The molecule has 14 heavy (non-hydrogen) atoms. The molecule has 0 aromatic rings. The number of urea groups is 1. The van der Waals surface area contributed by atoms with E-state index in [-0.39, 0.29) is 6.03 Å². The molecule has 0 aliphatic carbocycles. The second-order valence-electron chi connectivity index (χ2n) is 3.60. The molecule has 0 saturated carbocycles. The highest BCUT2D eigenvalue weighted by molar-refractivity contribution is 5.74. The molecule has 82 valence electrons. The first-order valence-electron chi connectivity index (χ1n) is 5.33. The molecule has 0 atom stereocenters. The third-order valence-corrected chi connectivity index (χ3v) is 2.48. The largest absolute Gasteiger partial charge is 0.380 e. The number of ether oxygens (including phenoxy) is 1. The third-order valence-electron chi connectivity index (χ3n) is 2.48. The lowest BCUT2D eigenvalue weighted by Gasteiger charge is -2.24. The zero-order valence-electron chi connectivity index (χ0n) is 9.16. The Morgan fingerprint density at radius 2 is 2.07 bits per heavy atom. The second kappa shape index (κ2) is 5.86. The van der Waals surface area contributed by atoms with E-state index in [1.165, 1.54) is 0 Å². The number of carbonyl (C=O) groups is 1. The number of hydrogen-bond acceptors (Lipinski definition) is 2. The van der Waals surface area contributed by atoms with Crippen molar-refractivity contribution >= 4 is 6.03 Å². The highest BCUT2D eigenvalue weighted by Gasteiger charge is 2.20. The van der Waals surface area contributed by atoms with Crippen molar-refractivity contribution in [1.82, 2.24) is 9.80 Å². The molecular formula is C10H20N2O2. The highest BCUT2D eigenvalue weighted by Crippen LogP contribution is 2.09. The topological polar surface area (TPSA) is 32.8 Å². The van der Waals surface area contributed by atoms with Gasteiger partial charge in [-0.3, -0.25) is 0 Å². The van der Waals surface area contributed by atoms with Gasteiger partial charge in [-0.05, 0) is 19.8 Å². The summed E-state index contributed by atoms with van der Waals surface area (Å²) in [6, 6.07) is 0.141. The van der Waals surface area contributed by atoms with Gasteiger partial charge in [0.25, 0.3) is 0 Å². The monoisotopic (exact) mass is 200 g/mol. The molecule has 1 aliphatic heterocycles. The normalized spacial score (nSPS) is 16.0. The van der Waals surface area contributed by atoms with Crippen molar-refractivity contribution in [2.24, 2.45) is 0 Å². The molecule has 1 saturated heterocycles. The van der Waals surface area contributed by atoms with Gasteiger partial charge in [0.2, 0.25) is 0 Å². The zero-order valence-corrected chi connectivity index (χ0v) is 9.16. The number of likely N-dealkylation sites (tertiary alicyclic amines) is 1. The van der Waals surface area contributed by atoms with Gasteiger partial charge in [-0.2, -0.15) is 0 Å². The van der Waals surface area contributed by atoms with E-state index in [9.17, 15) is 4.79 Å². The minimum atomic E-state index is 0.141. The van der Waals surface area contributed by atoms with Crippen molar-refractivity contribution in [3.8, 4) is 0 Å². The number of rotatable bonds is 4. The first-order valence-corrected chi connectivity index (χ1v) is 5.33. The van der Waals surface area contributed by atoms with Gasteiger partial charge >= 0.3 is 6.03 Å². The van der Waals surface area contributed by atoms with Crippen molar-refractivity contribution in [1.29, 1.82) is 0 Å². The van der Waals surface area contributed by atoms with Gasteiger partial charge in [-0.1, -0.05) is 0 Å². The van der Waals surface area contributed by atoms with E-state index in [0.29, 0.717) is 19.8 Å². The summed E-state index contributed by atoms with van der Waals surface area (Å²) in [5.41, 5.74) is 0. The van der Waals surface area contributed by atoms with Gasteiger partial charge in [0.1, 0.15) is 0 Å². The van der Waals surface area contributed by atoms with Crippen LogP contribution in [-0.4, -0.2) is 55.7 Å². The SMILES string of the molecule is CCOCCN(C)C(=O)N1CCCC1. The molecule has 0 unspecified atom stereocenters. The van der Waals surface area contributed by atoms with Crippen LogP contribution in [0.3, 0.4) is 0 Å². The Kier molecular flexibility index (Phi) is 4.73. The first-order chi connectivity index (χ1) is 6.75. The van der Waals surface area contributed by atoms with E-state index in [4.69, 9.17) is 4.74 Å². The molecule has 1 fully saturated rings. The molecule has 0 bridgehead atoms. The average Bonchev–Trinajstić information content (AvgIpc) is 2.69. The Bertz CT molecular complexity index is 179. The summed E-state index contributed by atoms with van der Waals surface area (Å²) < 4.78 is 5.20. The van der Waals surface area contributed by atoms with Gasteiger partial charge in [0.15, 0.2) is 0 Å². The summed E-state index contributed by atoms with van der Waals surface area (Å²) in [7, 11) is 1.83. The molecule has 0 aromatic heterocycles. The fourth-order valence-corrected chi connectivity index (χ4v) is 1.59. The predicted molar refractivity (Wildman–Crippen MR) is 55.3 cm³/mol. The summed E-state index contributed by atoms with van der Waals surface area (Å²) in [5.74, 6) is 0. The van der Waals surface area contributed by atoms with Crippen LogP contribution in [0.1, 0.15) is 19.8 Å². The Morgan fingerprint density at radius 3 is 2.64 bits per heavy atom. The Labute approximate surface area is 85.8 Å². The van der Waals surface area contributed by atoms with E-state index in [1.807, 2.05) is 18.9 Å². The Morgan fingerprint density at radius 1 is 1.43 bits per heavy atom. The Balaban J connectivity index is 2.21. The van der Waals surface area contributed by atoms with Crippen LogP contribution < -0.4 is 0 Å². The number of likely N-dealkylation sites (N-methyl/N-ethyl adjacent to an activating group) is 1. The molecule has 4 heteroatoms. The smallest absolute Gasteiger partial charge is 0.319 e. The zero-order chi connectivity index (χ0) is 10.4. The van der Waals surface area contributed by atoms with Crippen molar-refractivity contribution < 1.29 is 9.53 Å². The van der Waals surface area contributed by atoms with Crippen LogP contribution >= 0.6 is 0 Å². The number of amides is 2. The lowest BCUT2D eigenvalue weighted by molar-refractivity contribution is 0.117. The van der Waals surface area contributed by atoms with E-state index < -0.39 is 0 Å². The van der Waals surface area contributed by atoms with Crippen LogP contribution in [0.2, 0.25) is 0 Å². The number of hydrogen-bond donors (Lipinski definition) is 0. The lowest BCUT2D eigenvalue weighted by atomic mass is 10.4. The van der Waals surface area contributed by atoms with Gasteiger partial charge in [0.05, 0.1) is 6.61 Å². The molecule has 2 amide bonds. The van der Waals surface area contributed by atoms with Crippen molar-refractivity contribution in [3.63, 3.8) is 0 Å². The van der Waals surface area contributed by atoms with E-state index in [1.54, 1.807) is 4.90 Å². The van der Waals surface area contributed by atoms with Gasteiger partial charge in [-0.25, -0.2) is 4.79 Å². The number of carbonyl (C=O) groups excluding carboxylic acids is 1. The fourth-order valence-electron chi connectivity index (χ4n) is 1.59. The predicted octanol–water partition coefficient (Wildman–Crippen LogP) is 1.17. The molecule has 1 rings (SSSR count). The molecule has 0 aromatic carbocycles. The van der Waals surface area contributed by atoms with Crippen molar-refractivity contribution in [2.45, 2.75) is 19.8 Å². The summed E-state index contributed by atoms with van der Waals surface area (Å²) in [6.07, 6.45) is 2.29. The first kappa shape index (κ1) is 11.3. The quantitative estimate of drug-likeness (QED) is 0.638. The molecule has 1 heterocycles. The van der Waals surface area contributed by atoms with E-state index in [2.05, 4.69) is 0 Å². The fraction of sp³-hybridized carbons (Fsp3) is 0.900. The maximum atomic E-state index is 11.7. The van der Waals surface area contributed by atoms with Gasteiger partial charge in [-0.15, -0.1) is 0 Å². The molecule has 0 N–H and O–H groups in total. The van der Waals surface area contributed by atoms with Crippen molar-refractivity contribution in [3.05, 3.63) is 0 Å². The summed E-state index contributed by atoms with van der Waals surface area (Å²) in [5, 5.41) is 0. The lowest BCUT2D eigenvalue weighted by Crippen LogP contribution is -2.40. The molecular weight excluding hydrogens is 180 g/mol. The van der Waals surface area contributed by atoms with Crippen LogP contribution in [0.15, 0.2) is 0 Å². The second-order valence-corrected chi connectivity index (χ2v) is 3.60. The highest BCUT2D eigenvalue weighted by atomic mass is 16.5. The van der Waals surface area contributed by atoms with Crippen LogP contribution in [0.25, 0.3) is 0 Å². The van der Waals surface area contributed by atoms with Crippen molar-refractivity contribution in [2.75, 3.05) is 39.9 Å². The summed E-state index contributed by atoms with van der Waals surface area (Å²) in [6.45, 7) is 5.82. The maximum Gasteiger partial charge on any atom is 0.319 e. The Hall–Kier alpha value is -0.770. The van der Waals surface area contributed by atoms with Crippen LogP contribution in [0.4, 0.5) is 4.79 Å². The van der Waals surface area contributed by atoms with Gasteiger partial charge in [0, 0.05) is 33.3 Å². The average molecular weight is 200 g/mol. The molecule has 4 nitrogen and oxygen atoms in total. The minimum absolute atomic E-state index is 0.141. The molecule has 1 aliphatic rings. The molecule has 0 radical (unpaired) electrons. The van der Waals surface area contributed by atoms with Crippen LogP contribution in [0, 0.1) is 0 Å². The summed E-state index contributed by atoms with van der Waals surface area (Å²) >= 11 is 0. The molecule has 0 spiro atoms. The summed E-state index contributed by atoms with van der Waals surface area (Å²) in [4.78, 5) is 15.4. The van der Waals surface area contributed by atoms with Gasteiger partial charge < -0.3 is 14.5 Å². The van der Waals surface area contributed by atoms with E-state index in [0.717, 1.165) is 25.9 Å². The van der Waals surface area contributed by atoms with Crippen LogP contribution in [-0.2, 0) is 4.74 Å². The van der Waals surface area contributed by atoms with Crippen LogP contribution in [0.5, 0.6) is 0 Å². The van der Waals surface area contributed by atoms with E-state index >= 15 is 0 Å². The third kappa shape index (κ3) is 3.18. The maximum absolute atomic E-state index is 11.7. The number of nitrogens with zero attached hydrogens (tertiary/aromatic N) is 2. The standard InChI is InChI=1S/C10H20N2O2/c1-3-14-9-8-11(2)10(13)12-6-4-5-7-12/h3-9H2,1-2H3. The minimum Gasteiger partial charge on any atom is -0.380 e.